The summed E-state index contributed by atoms with van der Waals surface area (Å²) >= 11 is 6.13. The average Bonchev–Trinajstić information content (AvgIpc) is 2.96. The van der Waals surface area contributed by atoms with Gasteiger partial charge in [-0.25, -0.2) is 0 Å². The maximum Gasteiger partial charge on any atom is 0.123 e. The number of benzene rings is 1. The molecule has 2 heterocycles. The van der Waals surface area contributed by atoms with Crippen LogP contribution in [0.1, 0.15) is 24.8 Å². The summed E-state index contributed by atoms with van der Waals surface area (Å²) in [6, 6.07) is 6.12. The lowest BCUT2D eigenvalue weighted by Crippen LogP contribution is -2.45. The van der Waals surface area contributed by atoms with E-state index in [2.05, 4.69) is 4.90 Å². The highest BCUT2D eigenvalue weighted by atomic mass is 35.5. The maximum atomic E-state index is 10.3. The van der Waals surface area contributed by atoms with E-state index in [1.54, 1.807) is 7.11 Å². The molecule has 0 unspecified atom stereocenters. The molecule has 0 spiro atoms. The van der Waals surface area contributed by atoms with Crippen LogP contribution in [0, 0.1) is 5.92 Å². The lowest BCUT2D eigenvalue weighted by molar-refractivity contribution is -0.0636. The number of likely N-dealkylation sites (tertiary alicyclic amines) is 1. The van der Waals surface area contributed by atoms with Gasteiger partial charge in [0, 0.05) is 35.7 Å². The van der Waals surface area contributed by atoms with Crippen molar-refractivity contribution >= 4 is 11.6 Å². The Labute approximate surface area is 137 Å². The number of methoxy groups -OCH3 is 1. The molecule has 3 atom stereocenters. The first-order valence-corrected chi connectivity index (χ1v) is 8.39. The fourth-order valence-electron chi connectivity index (χ4n) is 3.74. The van der Waals surface area contributed by atoms with Crippen molar-refractivity contribution in [3.05, 3.63) is 28.8 Å². The van der Waals surface area contributed by atoms with Crippen LogP contribution in [0.2, 0.25) is 5.02 Å². The molecule has 2 aliphatic rings. The van der Waals surface area contributed by atoms with E-state index in [1.807, 2.05) is 18.2 Å². The Morgan fingerprint density at radius 2 is 2.27 bits per heavy atom. The third-order valence-electron chi connectivity index (χ3n) is 4.89. The van der Waals surface area contributed by atoms with Crippen molar-refractivity contribution in [1.82, 2.24) is 4.90 Å². The molecular weight excluding hydrogens is 302 g/mol. The standard InChI is InChI=1S/C17H24ClNO3/c1-21-17-5-4-13(18)9-12(17)10-19-7-2-3-15(19)14-11-22-8-6-16(14)20/h4-5,9,14-16,20H,2-3,6-8,10-11H2,1H3/t14-,15-,16+/m1/s1. The van der Waals surface area contributed by atoms with E-state index in [4.69, 9.17) is 21.1 Å². The second kappa shape index (κ2) is 7.18. The summed E-state index contributed by atoms with van der Waals surface area (Å²) in [5, 5.41) is 11.0. The monoisotopic (exact) mass is 325 g/mol. The van der Waals surface area contributed by atoms with Crippen molar-refractivity contribution in [3.8, 4) is 5.75 Å². The van der Waals surface area contributed by atoms with E-state index in [0.717, 1.165) is 48.7 Å². The molecule has 3 rings (SSSR count). The van der Waals surface area contributed by atoms with Gasteiger partial charge in [-0.1, -0.05) is 11.6 Å². The van der Waals surface area contributed by atoms with Gasteiger partial charge in [0.25, 0.3) is 0 Å². The summed E-state index contributed by atoms with van der Waals surface area (Å²) in [5.41, 5.74) is 1.10. The Hall–Kier alpha value is -0.810. The van der Waals surface area contributed by atoms with Crippen LogP contribution in [-0.4, -0.2) is 49.0 Å². The Balaban J connectivity index is 1.75. The minimum Gasteiger partial charge on any atom is -0.496 e. The number of halogens is 1. The van der Waals surface area contributed by atoms with Gasteiger partial charge in [-0.05, 0) is 44.0 Å². The number of ether oxygens (including phenoxy) is 2. The number of nitrogens with zero attached hydrogens (tertiary/aromatic N) is 1. The zero-order valence-corrected chi connectivity index (χ0v) is 13.8. The van der Waals surface area contributed by atoms with Crippen LogP contribution in [0.5, 0.6) is 5.75 Å². The van der Waals surface area contributed by atoms with Gasteiger partial charge in [0.05, 0.1) is 19.8 Å². The highest BCUT2D eigenvalue weighted by molar-refractivity contribution is 6.30. The minimum atomic E-state index is -0.249. The molecule has 0 aliphatic carbocycles. The van der Waals surface area contributed by atoms with Crippen LogP contribution in [0.4, 0.5) is 0 Å². The number of hydrogen-bond acceptors (Lipinski definition) is 4. The van der Waals surface area contributed by atoms with Gasteiger partial charge in [-0.2, -0.15) is 0 Å². The summed E-state index contributed by atoms with van der Waals surface area (Å²) in [7, 11) is 1.69. The molecule has 1 N–H and O–H groups in total. The second-order valence-electron chi connectivity index (χ2n) is 6.23. The smallest absolute Gasteiger partial charge is 0.123 e. The first kappa shape index (κ1) is 16.1. The maximum absolute atomic E-state index is 10.3. The second-order valence-corrected chi connectivity index (χ2v) is 6.67. The first-order valence-electron chi connectivity index (χ1n) is 8.01. The normalized spacial score (nSPS) is 29.7. The molecule has 0 saturated carbocycles. The third kappa shape index (κ3) is 3.40. The molecular formula is C17H24ClNO3. The molecule has 1 aromatic rings. The van der Waals surface area contributed by atoms with Crippen LogP contribution in [0.25, 0.3) is 0 Å². The zero-order chi connectivity index (χ0) is 15.5. The highest BCUT2D eigenvalue weighted by Crippen LogP contribution is 2.33. The molecule has 2 fully saturated rings. The number of aliphatic hydroxyl groups excluding tert-OH is 1. The molecule has 122 valence electrons. The Morgan fingerprint density at radius 1 is 1.41 bits per heavy atom. The number of rotatable bonds is 4. The lowest BCUT2D eigenvalue weighted by Gasteiger charge is -2.37. The summed E-state index contributed by atoms with van der Waals surface area (Å²) in [6.45, 7) is 3.18. The lowest BCUT2D eigenvalue weighted by atomic mass is 9.89. The van der Waals surface area contributed by atoms with Crippen molar-refractivity contribution in [3.63, 3.8) is 0 Å². The van der Waals surface area contributed by atoms with Crippen molar-refractivity contribution in [2.24, 2.45) is 5.92 Å². The van der Waals surface area contributed by atoms with Crippen molar-refractivity contribution in [2.45, 2.75) is 38.0 Å². The van der Waals surface area contributed by atoms with Gasteiger partial charge in [0.15, 0.2) is 0 Å². The first-order chi connectivity index (χ1) is 10.7. The third-order valence-corrected chi connectivity index (χ3v) is 5.12. The molecule has 2 aliphatic heterocycles. The fraction of sp³-hybridized carbons (Fsp3) is 0.647. The van der Waals surface area contributed by atoms with E-state index in [-0.39, 0.29) is 12.0 Å². The quantitative estimate of drug-likeness (QED) is 0.924. The van der Waals surface area contributed by atoms with Crippen LogP contribution < -0.4 is 4.74 Å². The summed E-state index contributed by atoms with van der Waals surface area (Å²) in [5.74, 6) is 1.08. The van der Waals surface area contributed by atoms with Gasteiger partial charge in [0.1, 0.15) is 5.75 Å². The highest BCUT2D eigenvalue weighted by Gasteiger charge is 2.37. The van der Waals surface area contributed by atoms with E-state index in [0.29, 0.717) is 19.3 Å². The van der Waals surface area contributed by atoms with Gasteiger partial charge < -0.3 is 14.6 Å². The molecule has 22 heavy (non-hydrogen) atoms. The van der Waals surface area contributed by atoms with E-state index in [9.17, 15) is 5.11 Å². The SMILES string of the molecule is COc1ccc(Cl)cc1CN1CCC[C@@H]1[C@H]1COCC[C@@H]1O. The van der Waals surface area contributed by atoms with Gasteiger partial charge >= 0.3 is 0 Å². The van der Waals surface area contributed by atoms with E-state index >= 15 is 0 Å². The van der Waals surface area contributed by atoms with Crippen molar-refractivity contribution in [1.29, 1.82) is 0 Å². The average molecular weight is 326 g/mol. The van der Waals surface area contributed by atoms with Gasteiger partial charge in [-0.3, -0.25) is 4.90 Å². The van der Waals surface area contributed by atoms with Gasteiger partial charge in [-0.15, -0.1) is 0 Å². The number of hydrogen-bond donors (Lipinski definition) is 1. The summed E-state index contributed by atoms with van der Waals surface area (Å²) in [6.07, 6.45) is 2.78. The summed E-state index contributed by atoms with van der Waals surface area (Å²) in [4.78, 5) is 2.44. The van der Waals surface area contributed by atoms with Crippen LogP contribution in [0.3, 0.4) is 0 Å². The minimum absolute atomic E-state index is 0.210. The zero-order valence-electron chi connectivity index (χ0n) is 13.0. The van der Waals surface area contributed by atoms with Crippen molar-refractivity contribution in [2.75, 3.05) is 26.9 Å². The van der Waals surface area contributed by atoms with Crippen LogP contribution in [0.15, 0.2) is 18.2 Å². The molecule has 0 bridgehead atoms. The largest absolute Gasteiger partial charge is 0.496 e. The predicted octanol–water partition coefficient (Wildman–Crippen LogP) is 2.71. The molecule has 5 heteroatoms. The summed E-state index contributed by atoms with van der Waals surface area (Å²) < 4.78 is 11.0. The Kier molecular flexibility index (Phi) is 5.24. The molecule has 4 nitrogen and oxygen atoms in total. The predicted molar refractivity (Wildman–Crippen MR) is 86.4 cm³/mol. The van der Waals surface area contributed by atoms with Crippen LogP contribution in [-0.2, 0) is 11.3 Å². The van der Waals surface area contributed by atoms with Gasteiger partial charge in [0.2, 0.25) is 0 Å². The molecule has 1 aromatic carbocycles. The molecule has 2 saturated heterocycles. The molecule has 0 amide bonds. The number of aliphatic hydroxyl groups is 1. The Morgan fingerprint density at radius 3 is 3.05 bits per heavy atom. The molecule has 0 aromatic heterocycles. The molecule has 0 radical (unpaired) electrons. The fourth-order valence-corrected chi connectivity index (χ4v) is 3.93. The Bertz CT molecular complexity index is 511. The van der Waals surface area contributed by atoms with E-state index in [1.165, 1.54) is 0 Å². The topological polar surface area (TPSA) is 41.9 Å². The van der Waals surface area contributed by atoms with Crippen molar-refractivity contribution < 1.29 is 14.6 Å². The van der Waals surface area contributed by atoms with E-state index < -0.39 is 0 Å². The van der Waals surface area contributed by atoms with Crippen LogP contribution >= 0.6 is 11.6 Å².